The van der Waals surface area contributed by atoms with E-state index in [1.165, 1.54) is 18.6 Å². The Labute approximate surface area is 78.8 Å². The first kappa shape index (κ1) is 8.69. The van der Waals surface area contributed by atoms with E-state index >= 15 is 0 Å². The topological polar surface area (TPSA) is 116 Å². The van der Waals surface area contributed by atoms with Crippen LogP contribution in [0.2, 0.25) is 0 Å². The molecule has 0 atom stereocenters. The van der Waals surface area contributed by atoms with Gasteiger partial charge in [0, 0.05) is 0 Å². The highest BCUT2D eigenvalue weighted by atomic mass is 32.2. The largest absolute Gasteiger partial charge is 0.281 e. The third kappa shape index (κ3) is 1.57. The number of anilines is 1. The smallest absolute Gasteiger partial charge is 0.266 e. The van der Waals surface area contributed by atoms with Gasteiger partial charge in [0.25, 0.3) is 10.0 Å². The Morgan fingerprint density at radius 2 is 2.14 bits per heavy atom. The van der Waals surface area contributed by atoms with Crippen LogP contribution < -0.4 is 4.72 Å². The van der Waals surface area contributed by atoms with E-state index in [-0.39, 0.29) is 11.0 Å². The molecule has 0 radical (unpaired) electrons. The van der Waals surface area contributed by atoms with Gasteiger partial charge >= 0.3 is 0 Å². The number of sulfonamides is 1. The van der Waals surface area contributed by atoms with Crippen molar-refractivity contribution < 1.29 is 8.42 Å². The fraction of sp³-hybridized carbons (Fsp3) is 0. The highest BCUT2D eigenvalue weighted by Crippen LogP contribution is 2.07. The second-order valence-corrected chi connectivity index (χ2v) is 4.01. The molecule has 0 aliphatic heterocycles. The van der Waals surface area contributed by atoms with E-state index in [0.717, 1.165) is 0 Å². The van der Waals surface area contributed by atoms with Crippen LogP contribution in [0.5, 0.6) is 0 Å². The summed E-state index contributed by atoms with van der Waals surface area (Å²) in [5, 5.41) is 11.7. The molecule has 2 heterocycles. The van der Waals surface area contributed by atoms with Crippen molar-refractivity contribution in [2.75, 3.05) is 4.72 Å². The normalized spacial score (nSPS) is 11.4. The summed E-state index contributed by atoms with van der Waals surface area (Å²) < 4.78 is 25.2. The van der Waals surface area contributed by atoms with Gasteiger partial charge in [-0.2, -0.15) is 23.6 Å². The standard InChI is InChI=1S/C5H6N6O2S/c12-14(13,4-1-2-7-9-4)11-5-6-3-8-10-5/h1-3H,(H,7,9)(H2,6,8,10,11). The van der Waals surface area contributed by atoms with Gasteiger partial charge in [0.05, 0.1) is 6.20 Å². The highest BCUT2D eigenvalue weighted by Gasteiger charge is 2.16. The van der Waals surface area contributed by atoms with Crippen LogP contribution >= 0.6 is 0 Å². The second-order valence-electron chi connectivity index (χ2n) is 2.36. The summed E-state index contributed by atoms with van der Waals surface area (Å²) in [6, 6.07) is 1.33. The van der Waals surface area contributed by atoms with Crippen molar-refractivity contribution in [3.8, 4) is 0 Å². The van der Waals surface area contributed by atoms with Gasteiger partial charge in [-0.1, -0.05) is 0 Å². The van der Waals surface area contributed by atoms with E-state index in [1.807, 2.05) is 0 Å². The molecule has 0 unspecified atom stereocenters. The van der Waals surface area contributed by atoms with Crippen molar-refractivity contribution in [1.29, 1.82) is 0 Å². The first-order valence-electron chi connectivity index (χ1n) is 3.56. The van der Waals surface area contributed by atoms with Crippen LogP contribution in [0.25, 0.3) is 0 Å². The van der Waals surface area contributed by atoms with Crippen LogP contribution in [0, 0.1) is 0 Å². The number of aromatic nitrogens is 5. The van der Waals surface area contributed by atoms with E-state index in [0.29, 0.717) is 0 Å². The van der Waals surface area contributed by atoms with Crippen molar-refractivity contribution in [3.05, 3.63) is 18.6 Å². The molecule has 0 saturated carbocycles. The Kier molecular flexibility index (Phi) is 1.93. The minimum Gasteiger partial charge on any atom is -0.266 e. The second kappa shape index (κ2) is 3.10. The van der Waals surface area contributed by atoms with Crippen molar-refractivity contribution in [3.63, 3.8) is 0 Å². The molecule has 2 aromatic rings. The molecule has 0 bridgehead atoms. The Morgan fingerprint density at radius 3 is 2.71 bits per heavy atom. The van der Waals surface area contributed by atoms with E-state index in [9.17, 15) is 8.42 Å². The van der Waals surface area contributed by atoms with Crippen LogP contribution in [0.1, 0.15) is 0 Å². The number of hydrogen-bond donors (Lipinski definition) is 3. The van der Waals surface area contributed by atoms with Gasteiger partial charge in [-0.3, -0.25) is 5.10 Å². The fourth-order valence-corrected chi connectivity index (χ4v) is 1.71. The summed E-state index contributed by atoms with van der Waals surface area (Å²) in [6.07, 6.45) is 2.54. The number of hydrogen-bond acceptors (Lipinski definition) is 5. The van der Waals surface area contributed by atoms with Crippen molar-refractivity contribution in [2.24, 2.45) is 0 Å². The van der Waals surface area contributed by atoms with Crippen LogP contribution in [0.4, 0.5) is 5.95 Å². The van der Waals surface area contributed by atoms with Crippen LogP contribution in [0.3, 0.4) is 0 Å². The molecule has 74 valence electrons. The van der Waals surface area contributed by atoms with Gasteiger partial charge in [-0.25, -0.2) is 9.82 Å². The van der Waals surface area contributed by atoms with E-state index in [1.54, 1.807) is 0 Å². The summed E-state index contributed by atoms with van der Waals surface area (Å²) in [7, 11) is -3.64. The third-order valence-electron chi connectivity index (χ3n) is 1.41. The van der Waals surface area contributed by atoms with Gasteiger partial charge in [0.15, 0.2) is 5.03 Å². The zero-order valence-electron chi connectivity index (χ0n) is 6.80. The van der Waals surface area contributed by atoms with Gasteiger partial charge in [0.1, 0.15) is 6.33 Å². The molecular formula is C5H6N6O2S. The van der Waals surface area contributed by atoms with Crippen molar-refractivity contribution in [1.82, 2.24) is 25.4 Å². The first-order valence-corrected chi connectivity index (χ1v) is 5.04. The van der Waals surface area contributed by atoms with Crippen molar-refractivity contribution in [2.45, 2.75) is 5.03 Å². The number of nitrogens with zero attached hydrogens (tertiary/aromatic N) is 3. The molecule has 2 aromatic heterocycles. The molecule has 0 aromatic carbocycles. The van der Waals surface area contributed by atoms with E-state index < -0.39 is 10.0 Å². The average molecular weight is 214 g/mol. The lowest BCUT2D eigenvalue weighted by molar-refractivity contribution is 0.596. The van der Waals surface area contributed by atoms with Crippen LogP contribution in [-0.2, 0) is 10.0 Å². The summed E-state index contributed by atoms with van der Waals surface area (Å²) in [4.78, 5) is 3.62. The predicted octanol–water partition coefficient (Wildman–Crippen LogP) is -0.671. The number of rotatable bonds is 3. The number of nitrogens with one attached hydrogen (secondary N) is 3. The summed E-state index contributed by atoms with van der Waals surface area (Å²) >= 11 is 0. The zero-order valence-corrected chi connectivity index (χ0v) is 7.61. The summed E-state index contributed by atoms with van der Waals surface area (Å²) in [5.41, 5.74) is 0. The lowest BCUT2D eigenvalue weighted by atomic mass is 10.8. The molecule has 0 amide bonds. The minimum absolute atomic E-state index is 0.0334. The Balaban J connectivity index is 2.27. The van der Waals surface area contributed by atoms with Crippen molar-refractivity contribution >= 4 is 16.0 Å². The maximum Gasteiger partial charge on any atom is 0.281 e. The van der Waals surface area contributed by atoms with Gasteiger partial charge in [-0.05, 0) is 6.07 Å². The molecule has 8 nitrogen and oxygen atoms in total. The van der Waals surface area contributed by atoms with Gasteiger partial charge < -0.3 is 0 Å². The lowest BCUT2D eigenvalue weighted by Crippen LogP contribution is -2.14. The summed E-state index contributed by atoms with van der Waals surface area (Å²) in [6.45, 7) is 0. The molecule has 0 spiro atoms. The van der Waals surface area contributed by atoms with E-state index in [4.69, 9.17) is 0 Å². The first-order chi connectivity index (χ1) is 6.68. The molecule has 0 saturated heterocycles. The lowest BCUT2D eigenvalue weighted by Gasteiger charge is -2.00. The molecule has 0 aliphatic rings. The predicted molar refractivity (Wildman–Crippen MR) is 45.8 cm³/mol. The number of aromatic amines is 2. The van der Waals surface area contributed by atoms with Gasteiger partial charge in [-0.15, -0.1) is 0 Å². The Hall–Kier alpha value is -1.90. The average Bonchev–Trinajstić information content (AvgIpc) is 2.71. The maximum atomic E-state index is 11.5. The highest BCUT2D eigenvalue weighted by molar-refractivity contribution is 7.92. The quantitative estimate of drug-likeness (QED) is 0.626. The minimum atomic E-state index is -3.64. The molecule has 0 fully saturated rings. The molecule has 0 aliphatic carbocycles. The van der Waals surface area contributed by atoms with E-state index in [2.05, 4.69) is 30.1 Å². The van der Waals surface area contributed by atoms with Crippen LogP contribution in [0.15, 0.2) is 23.6 Å². The molecule has 14 heavy (non-hydrogen) atoms. The fourth-order valence-electron chi connectivity index (χ4n) is 0.830. The molecule has 9 heteroatoms. The summed E-state index contributed by atoms with van der Waals surface area (Å²) in [5.74, 6) is 0.0552. The van der Waals surface area contributed by atoms with Gasteiger partial charge in [0.2, 0.25) is 5.95 Å². The zero-order chi connectivity index (χ0) is 10.0. The Morgan fingerprint density at radius 1 is 1.29 bits per heavy atom. The number of H-pyrrole nitrogens is 2. The molecule has 2 rings (SSSR count). The maximum absolute atomic E-state index is 11.5. The Bertz CT molecular complexity index is 486. The monoisotopic (exact) mass is 214 g/mol. The molecular weight excluding hydrogens is 208 g/mol. The SMILES string of the molecule is O=S(=O)(Nc1ncn[nH]1)c1ccn[nH]1. The molecule has 3 N–H and O–H groups in total. The van der Waals surface area contributed by atoms with Crippen LogP contribution in [-0.4, -0.2) is 33.8 Å². The third-order valence-corrected chi connectivity index (χ3v) is 2.68.